The molecule has 0 radical (unpaired) electrons. The Kier molecular flexibility index (Phi) is 6.53. The number of nitrogens with zero attached hydrogens (tertiary/aromatic N) is 6. The molecule has 0 aliphatic carbocycles. The quantitative estimate of drug-likeness (QED) is 0.397. The van der Waals surface area contributed by atoms with Gasteiger partial charge in [0.05, 0.1) is 6.04 Å². The standard InChI is InChI=1S/C25H26N6O4/c1-17(24-27-23(29-35-24)19-6-4-3-5-7-19)30-12-14-31(15-13-30)25(32)20-8-10-21(11-9-20)33-16-22-26-18(2)34-28-22/h3-11,17H,12-16H2,1-2H3/t17-/m0/s1. The van der Waals surface area contributed by atoms with Gasteiger partial charge in [0.2, 0.25) is 23.4 Å². The second-order valence-corrected chi connectivity index (χ2v) is 8.37. The summed E-state index contributed by atoms with van der Waals surface area (Å²) in [5.74, 6) is 2.77. The van der Waals surface area contributed by atoms with Crippen molar-refractivity contribution in [3.63, 3.8) is 0 Å². The van der Waals surface area contributed by atoms with Crippen LogP contribution in [-0.2, 0) is 6.61 Å². The molecule has 10 nitrogen and oxygen atoms in total. The summed E-state index contributed by atoms with van der Waals surface area (Å²) in [5, 5.41) is 7.93. The third-order valence-corrected chi connectivity index (χ3v) is 6.02. The second kappa shape index (κ2) is 10.1. The third kappa shape index (κ3) is 5.22. The summed E-state index contributed by atoms with van der Waals surface area (Å²) in [7, 11) is 0. The molecule has 2 aromatic heterocycles. The smallest absolute Gasteiger partial charge is 0.253 e. The van der Waals surface area contributed by atoms with Crippen LogP contribution in [0.3, 0.4) is 0 Å². The zero-order chi connectivity index (χ0) is 24.2. The van der Waals surface area contributed by atoms with Crippen molar-refractivity contribution in [1.29, 1.82) is 0 Å². The van der Waals surface area contributed by atoms with Gasteiger partial charge in [0.1, 0.15) is 5.75 Å². The van der Waals surface area contributed by atoms with Gasteiger partial charge < -0.3 is 18.7 Å². The van der Waals surface area contributed by atoms with E-state index in [0.29, 0.717) is 47.8 Å². The molecule has 0 N–H and O–H groups in total. The number of hydrogen-bond acceptors (Lipinski definition) is 9. The first-order chi connectivity index (χ1) is 17.1. The molecule has 3 heterocycles. The summed E-state index contributed by atoms with van der Waals surface area (Å²) in [6.45, 7) is 6.68. The first kappa shape index (κ1) is 22.7. The van der Waals surface area contributed by atoms with Crippen molar-refractivity contribution in [3.8, 4) is 17.1 Å². The fourth-order valence-electron chi connectivity index (χ4n) is 4.00. The summed E-state index contributed by atoms with van der Waals surface area (Å²) >= 11 is 0. The summed E-state index contributed by atoms with van der Waals surface area (Å²) in [6.07, 6.45) is 0. The van der Waals surface area contributed by atoms with Crippen LogP contribution in [0.2, 0.25) is 0 Å². The predicted molar refractivity (Wildman–Crippen MR) is 125 cm³/mol. The first-order valence-electron chi connectivity index (χ1n) is 11.5. The lowest BCUT2D eigenvalue weighted by Crippen LogP contribution is -2.49. The van der Waals surface area contributed by atoms with Crippen molar-refractivity contribution >= 4 is 5.91 Å². The minimum absolute atomic E-state index is 0.00167. The molecule has 0 unspecified atom stereocenters. The van der Waals surface area contributed by atoms with Gasteiger partial charge in [0, 0.05) is 44.2 Å². The zero-order valence-corrected chi connectivity index (χ0v) is 19.6. The van der Waals surface area contributed by atoms with Gasteiger partial charge in [0.15, 0.2) is 6.61 Å². The lowest BCUT2D eigenvalue weighted by atomic mass is 10.1. The van der Waals surface area contributed by atoms with Crippen molar-refractivity contribution in [2.75, 3.05) is 26.2 Å². The van der Waals surface area contributed by atoms with E-state index in [4.69, 9.17) is 13.8 Å². The molecule has 10 heteroatoms. The molecule has 0 bridgehead atoms. The van der Waals surface area contributed by atoms with E-state index in [0.717, 1.165) is 18.7 Å². The van der Waals surface area contributed by atoms with Crippen LogP contribution in [0.15, 0.2) is 63.6 Å². The van der Waals surface area contributed by atoms with Crippen LogP contribution in [0.25, 0.3) is 11.4 Å². The molecule has 1 saturated heterocycles. The number of rotatable bonds is 7. The zero-order valence-electron chi connectivity index (χ0n) is 19.6. The SMILES string of the molecule is Cc1nc(COc2ccc(C(=O)N3CCN([C@@H](C)c4nc(-c5ccccc5)no4)CC3)cc2)no1. The van der Waals surface area contributed by atoms with E-state index in [1.165, 1.54) is 0 Å². The minimum Gasteiger partial charge on any atom is -0.485 e. The number of amides is 1. The average Bonchev–Trinajstić information content (AvgIpc) is 3.57. The van der Waals surface area contributed by atoms with E-state index < -0.39 is 0 Å². The van der Waals surface area contributed by atoms with Gasteiger partial charge >= 0.3 is 0 Å². The van der Waals surface area contributed by atoms with Crippen molar-refractivity contribution in [3.05, 3.63) is 77.8 Å². The summed E-state index contributed by atoms with van der Waals surface area (Å²) in [6, 6.07) is 16.8. The maximum absolute atomic E-state index is 13.0. The van der Waals surface area contributed by atoms with Crippen LogP contribution in [0.4, 0.5) is 0 Å². The molecule has 1 fully saturated rings. The highest BCUT2D eigenvalue weighted by molar-refractivity contribution is 5.94. The monoisotopic (exact) mass is 474 g/mol. The van der Waals surface area contributed by atoms with Crippen molar-refractivity contribution in [2.24, 2.45) is 0 Å². The Morgan fingerprint density at radius 3 is 2.40 bits per heavy atom. The molecule has 5 rings (SSSR count). The number of ether oxygens (including phenoxy) is 1. The number of hydrogen-bond donors (Lipinski definition) is 0. The maximum atomic E-state index is 13.0. The van der Waals surface area contributed by atoms with Crippen LogP contribution in [-0.4, -0.2) is 62.2 Å². The van der Waals surface area contributed by atoms with Gasteiger partial charge in [-0.2, -0.15) is 9.97 Å². The Hall–Kier alpha value is -4.05. The first-order valence-corrected chi connectivity index (χ1v) is 11.5. The molecule has 1 aliphatic rings. The maximum Gasteiger partial charge on any atom is 0.253 e. The van der Waals surface area contributed by atoms with Crippen LogP contribution >= 0.6 is 0 Å². The third-order valence-electron chi connectivity index (χ3n) is 6.02. The average molecular weight is 475 g/mol. The van der Waals surface area contributed by atoms with Crippen molar-refractivity contribution in [1.82, 2.24) is 30.1 Å². The largest absolute Gasteiger partial charge is 0.485 e. The molecular weight excluding hydrogens is 448 g/mol. The molecule has 180 valence electrons. The van der Waals surface area contributed by atoms with E-state index in [1.807, 2.05) is 42.2 Å². The Morgan fingerprint density at radius 1 is 0.971 bits per heavy atom. The van der Waals surface area contributed by atoms with Crippen LogP contribution in [0.1, 0.15) is 40.9 Å². The molecular formula is C25H26N6O4. The van der Waals surface area contributed by atoms with Gasteiger partial charge in [-0.1, -0.05) is 40.6 Å². The molecule has 0 spiro atoms. The molecule has 1 amide bonds. The lowest BCUT2D eigenvalue weighted by molar-refractivity contribution is 0.0551. The van der Waals surface area contributed by atoms with Crippen molar-refractivity contribution in [2.45, 2.75) is 26.5 Å². The molecule has 1 aliphatic heterocycles. The van der Waals surface area contributed by atoms with Crippen LogP contribution in [0, 0.1) is 6.92 Å². The Morgan fingerprint density at radius 2 is 1.71 bits per heavy atom. The van der Waals surface area contributed by atoms with Gasteiger partial charge in [-0.05, 0) is 31.2 Å². The number of aromatic nitrogens is 4. The highest BCUT2D eigenvalue weighted by atomic mass is 16.5. The van der Waals surface area contributed by atoms with Crippen LogP contribution in [0.5, 0.6) is 5.75 Å². The molecule has 1 atom stereocenters. The van der Waals surface area contributed by atoms with Crippen LogP contribution < -0.4 is 4.74 Å². The number of aryl methyl sites for hydroxylation is 1. The second-order valence-electron chi connectivity index (χ2n) is 8.37. The van der Waals surface area contributed by atoms with Crippen molar-refractivity contribution < 1.29 is 18.6 Å². The fraction of sp³-hybridized carbons (Fsp3) is 0.320. The van der Waals surface area contributed by atoms with Gasteiger partial charge in [-0.3, -0.25) is 9.69 Å². The van der Waals surface area contributed by atoms with Gasteiger partial charge in [0.25, 0.3) is 5.91 Å². The molecule has 0 saturated carbocycles. The molecule has 4 aromatic rings. The summed E-state index contributed by atoms with van der Waals surface area (Å²) in [5.41, 5.74) is 1.55. The Bertz CT molecular complexity index is 1260. The number of carbonyl (C=O) groups excluding carboxylic acids is 1. The summed E-state index contributed by atoms with van der Waals surface area (Å²) < 4.78 is 16.1. The van der Waals surface area contributed by atoms with E-state index in [9.17, 15) is 4.79 Å². The molecule has 35 heavy (non-hydrogen) atoms. The number of carbonyl (C=O) groups is 1. The summed E-state index contributed by atoms with van der Waals surface area (Å²) in [4.78, 5) is 25.8. The topological polar surface area (TPSA) is 111 Å². The number of benzene rings is 2. The highest BCUT2D eigenvalue weighted by Gasteiger charge is 2.28. The fourth-order valence-corrected chi connectivity index (χ4v) is 4.00. The van der Waals surface area contributed by atoms with Gasteiger partial charge in [-0.15, -0.1) is 0 Å². The minimum atomic E-state index is -0.0309. The van der Waals surface area contributed by atoms with Gasteiger partial charge in [-0.25, -0.2) is 0 Å². The van der Waals surface area contributed by atoms with E-state index in [1.54, 1.807) is 31.2 Å². The van der Waals surface area contributed by atoms with E-state index in [-0.39, 0.29) is 18.6 Å². The van der Waals surface area contributed by atoms with E-state index >= 15 is 0 Å². The highest BCUT2D eigenvalue weighted by Crippen LogP contribution is 2.24. The molecule has 2 aromatic carbocycles. The normalized spacial score (nSPS) is 15.2. The number of piperazine rings is 1. The lowest BCUT2D eigenvalue weighted by Gasteiger charge is -2.36. The predicted octanol–water partition coefficient (Wildman–Crippen LogP) is 3.53. The Balaban J connectivity index is 1.13. The van der Waals surface area contributed by atoms with E-state index in [2.05, 4.69) is 25.2 Å². The Labute approximate surface area is 202 Å².